The number of carbonyl (C=O) groups excluding carboxylic acids is 1. The Bertz CT molecular complexity index is 424. The molecule has 0 bridgehead atoms. The SMILES string of the molecule is CC(=O)N1CCCC[C@H]1[C@H](Cl)COCc1ccccc1. The van der Waals surface area contributed by atoms with Gasteiger partial charge in [-0.05, 0) is 24.8 Å². The van der Waals surface area contributed by atoms with Gasteiger partial charge in [0.05, 0.1) is 24.6 Å². The van der Waals surface area contributed by atoms with Crippen molar-refractivity contribution < 1.29 is 9.53 Å². The molecule has 1 amide bonds. The maximum atomic E-state index is 11.6. The summed E-state index contributed by atoms with van der Waals surface area (Å²) in [5.74, 6) is 0.114. The Morgan fingerprint density at radius 3 is 2.85 bits per heavy atom. The number of benzene rings is 1. The predicted octanol–water partition coefficient (Wildman–Crippen LogP) is 3.21. The van der Waals surface area contributed by atoms with Crippen molar-refractivity contribution in [2.24, 2.45) is 0 Å². The van der Waals surface area contributed by atoms with Crippen molar-refractivity contribution in [3.63, 3.8) is 0 Å². The number of hydrogen-bond donors (Lipinski definition) is 0. The zero-order chi connectivity index (χ0) is 14.4. The van der Waals surface area contributed by atoms with Crippen molar-refractivity contribution in [1.82, 2.24) is 4.90 Å². The Hall–Kier alpha value is -1.06. The molecule has 0 saturated carbocycles. The van der Waals surface area contributed by atoms with E-state index in [9.17, 15) is 4.79 Å². The number of rotatable bonds is 5. The van der Waals surface area contributed by atoms with E-state index < -0.39 is 0 Å². The lowest BCUT2D eigenvalue weighted by Gasteiger charge is -2.37. The Morgan fingerprint density at radius 2 is 2.15 bits per heavy atom. The lowest BCUT2D eigenvalue weighted by atomic mass is 9.99. The molecule has 1 saturated heterocycles. The number of hydrogen-bond acceptors (Lipinski definition) is 2. The van der Waals surface area contributed by atoms with Crippen molar-refractivity contribution in [3.8, 4) is 0 Å². The predicted molar refractivity (Wildman–Crippen MR) is 80.8 cm³/mol. The number of ether oxygens (including phenoxy) is 1. The molecule has 1 heterocycles. The quantitative estimate of drug-likeness (QED) is 0.781. The van der Waals surface area contributed by atoms with E-state index in [0.717, 1.165) is 31.4 Å². The largest absolute Gasteiger partial charge is 0.375 e. The van der Waals surface area contributed by atoms with Crippen LogP contribution in [-0.4, -0.2) is 35.4 Å². The van der Waals surface area contributed by atoms with E-state index in [1.807, 2.05) is 35.2 Å². The topological polar surface area (TPSA) is 29.5 Å². The molecule has 3 nitrogen and oxygen atoms in total. The van der Waals surface area contributed by atoms with Crippen LogP contribution in [0.15, 0.2) is 30.3 Å². The first kappa shape index (κ1) is 15.3. The minimum absolute atomic E-state index is 0.110. The number of nitrogens with zero attached hydrogens (tertiary/aromatic N) is 1. The molecule has 20 heavy (non-hydrogen) atoms. The maximum Gasteiger partial charge on any atom is 0.219 e. The van der Waals surface area contributed by atoms with Crippen LogP contribution in [0, 0.1) is 0 Å². The summed E-state index contributed by atoms with van der Waals surface area (Å²) in [6.07, 6.45) is 3.18. The van der Waals surface area contributed by atoms with Gasteiger partial charge in [-0.2, -0.15) is 0 Å². The van der Waals surface area contributed by atoms with Crippen molar-refractivity contribution in [2.45, 2.75) is 44.2 Å². The summed E-state index contributed by atoms with van der Waals surface area (Å²) in [6.45, 7) is 3.48. The number of halogens is 1. The molecule has 0 N–H and O–H groups in total. The molecular weight excluding hydrogens is 274 g/mol. The Morgan fingerprint density at radius 1 is 1.40 bits per heavy atom. The number of carbonyl (C=O) groups is 1. The van der Waals surface area contributed by atoms with Gasteiger partial charge in [-0.25, -0.2) is 0 Å². The average molecular weight is 296 g/mol. The van der Waals surface area contributed by atoms with Gasteiger partial charge in [0.1, 0.15) is 0 Å². The number of piperidine rings is 1. The van der Waals surface area contributed by atoms with Gasteiger partial charge in [0.2, 0.25) is 5.91 Å². The maximum absolute atomic E-state index is 11.6. The molecule has 0 radical (unpaired) electrons. The third kappa shape index (κ3) is 4.22. The highest BCUT2D eigenvalue weighted by molar-refractivity contribution is 6.21. The Kier molecular flexibility index (Phi) is 5.86. The van der Waals surface area contributed by atoms with Crippen LogP contribution in [0.25, 0.3) is 0 Å². The van der Waals surface area contributed by atoms with Gasteiger partial charge in [0, 0.05) is 13.5 Å². The second-order valence-electron chi connectivity index (χ2n) is 5.29. The smallest absolute Gasteiger partial charge is 0.219 e. The second-order valence-corrected chi connectivity index (χ2v) is 5.85. The van der Waals surface area contributed by atoms with E-state index in [-0.39, 0.29) is 17.3 Å². The molecule has 0 spiro atoms. The van der Waals surface area contributed by atoms with Gasteiger partial charge in [-0.15, -0.1) is 11.6 Å². The number of alkyl halides is 1. The first-order chi connectivity index (χ1) is 9.68. The van der Waals surface area contributed by atoms with Gasteiger partial charge < -0.3 is 9.64 Å². The van der Waals surface area contributed by atoms with Crippen LogP contribution in [-0.2, 0) is 16.1 Å². The Labute approximate surface area is 125 Å². The lowest BCUT2D eigenvalue weighted by Crippen LogP contribution is -2.48. The van der Waals surface area contributed by atoms with Crippen molar-refractivity contribution in [1.29, 1.82) is 0 Å². The molecule has 0 aromatic heterocycles. The molecule has 1 aromatic rings. The van der Waals surface area contributed by atoms with E-state index in [0.29, 0.717) is 13.2 Å². The van der Waals surface area contributed by atoms with Crippen LogP contribution in [0.2, 0.25) is 0 Å². The normalized spacial score (nSPS) is 20.7. The van der Waals surface area contributed by atoms with Crippen molar-refractivity contribution in [2.75, 3.05) is 13.2 Å². The number of likely N-dealkylation sites (tertiary alicyclic amines) is 1. The summed E-state index contributed by atoms with van der Waals surface area (Å²) < 4.78 is 5.69. The third-order valence-corrected chi connectivity index (χ3v) is 4.18. The Balaban J connectivity index is 1.81. The second kappa shape index (κ2) is 7.65. The standard InChI is InChI=1S/C16H22ClNO2/c1-13(19)18-10-6-5-9-16(18)15(17)12-20-11-14-7-3-2-4-8-14/h2-4,7-8,15-16H,5-6,9-12H2,1H3/t15-,16+/m1/s1. The summed E-state index contributed by atoms with van der Waals surface area (Å²) in [5.41, 5.74) is 1.14. The van der Waals surface area contributed by atoms with E-state index in [4.69, 9.17) is 16.3 Å². The zero-order valence-electron chi connectivity index (χ0n) is 11.9. The fourth-order valence-corrected chi connectivity index (χ4v) is 3.05. The zero-order valence-corrected chi connectivity index (χ0v) is 12.7. The monoisotopic (exact) mass is 295 g/mol. The summed E-state index contributed by atoms with van der Waals surface area (Å²) in [7, 11) is 0. The lowest BCUT2D eigenvalue weighted by molar-refractivity contribution is -0.132. The van der Waals surface area contributed by atoms with Crippen molar-refractivity contribution >= 4 is 17.5 Å². The van der Waals surface area contributed by atoms with Gasteiger partial charge >= 0.3 is 0 Å². The van der Waals surface area contributed by atoms with Gasteiger partial charge in [-0.1, -0.05) is 30.3 Å². The molecule has 0 unspecified atom stereocenters. The van der Waals surface area contributed by atoms with Crippen LogP contribution in [0.5, 0.6) is 0 Å². The van der Waals surface area contributed by atoms with Crippen LogP contribution in [0.3, 0.4) is 0 Å². The molecule has 1 fully saturated rings. The molecular formula is C16H22ClNO2. The van der Waals surface area contributed by atoms with Crippen LogP contribution in [0.1, 0.15) is 31.7 Å². The van der Waals surface area contributed by atoms with E-state index in [1.165, 1.54) is 0 Å². The molecule has 2 atom stereocenters. The van der Waals surface area contributed by atoms with Gasteiger partial charge in [0.15, 0.2) is 0 Å². The first-order valence-electron chi connectivity index (χ1n) is 7.21. The summed E-state index contributed by atoms with van der Waals surface area (Å²) in [4.78, 5) is 13.5. The highest BCUT2D eigenvalue weighted by Gasteiger charge is 2.30. The highest BCUT2D eigenvalue weighted by Crippen LogP contribution is 2.23. The van der Waals surface area contributed by atoms with E-state index in [1.54, 1.807) is 6.92 Å². The molecule has 4 heteroatoms. The first-order valence-corrected chi connectivity index (χ1v) is 7.65. The molecule has 110 valence electrons. The van der Waals surface area contributed by atoms with Gasteiger partial charge in [0.25, 0.3) is 0 Å². The summed E-state index contributed by atoms with van der Waals surface area (Å²) >= 11 is 6.45. The van der Waals surface area contributed by atoms with Crippen LogP contribution >= 0.6 is 11.6 Å². The summed E-state index contributed by atoms with van der Waals surface area (Å²) in [5, 5.41) is -0.136. The molecule has 1 aromatic carbocycles. The molecule has 1 aliphatic rings. The fourth-order valence-electron chi connectivity index (χ4n) is 2.70. The number of amides is 1. The molecule has 1 aliphatic heterocycles. The van der Waals surface area contributed by atoms with Gasteiger partial charge in [-0.3, -0.25) is 4.79 Å². The van der Waals surface area contributed by atoms with E-state index >= 15 is 0 Å². The molecule has 0 aliphatic carbocycles. The molecule has 2 rings (SSSR count). The van der Waals surface area contributed by atoms with Crippen LogP contribution in [0.4, 0.5) is 0 Å². The highest BCUT2D eigenvalue weighted by atomic mass is 35.5. The minimum Gasteiger partial charge on any atom is -0.375 e. The fraction of sp³-hybridized carbons (Fsp3) is 0.562. The minimum atomic E-state index is -0.136. The summed E-state index contributed by atoms with van der Waals surface area (Å²) in [6, 6.07) is 10.2. The van der Waals surface area contributed by atoms with E-state index in [2.05, 4.69) is 0 Å². The van der Waals surface area contributed by atoms with Crippen LogP contribution < -0.4 is 0 Å². The van der Waals surface area contributed by atoms with Crippen molar-refractivity contribution in [3.05, 3.63) is 35.9 Å². The third-order valence-electron chi connectivity index (χ3n) is 3.76. The average Bonchev–Trinajstić information content (AvgIpc) is 2.48.